The van der Waals surface area contributed by atoms with Gasteiger partial charge in [-0.25, -0.2) is 4.57 Å². The third-order valence-electron chi connectivity index (χ3n) is 12.3. The quantitative estimate of drug-likeness (QED) is 0.0232. The van der Waals surface area contributed by atoms with Gasteiger partial charge in [-0.2, -0.15) is 0 Å². The summed E-state index contributed by atoms with van der Waals surface area (Å²) in [5.74, 6) is -1.78. The highest BCUT2D eigenvalue weighted by atomic mass is 31.2. The third-order valence-corrected chi connectivity index (χ3v) is 13.2. The molecule has 0 rings (SSSR count). The molecular formula is C58H106NO9P. The lowest BCUT2D eigenvalue weighted by molar-refractivity contribution is -0.154. The summed E-state index contributed by atoms with van der Waals surface area (Å²) in [5, 5.41) is 8.95. The van der Waals surface area contributed by atoms with Gasteiger partial charge in [0.1, 0.15) is 12.1 Å². The number of carbonyl (C=O) groups is 2. The van der Waals surface area contributed by atoms with Gasteiger partial charge in [0.2, 0.25) is 0 Å². The van der Waals surface area contributed by atoms with Gasteiger partial charge < -0.3 is 25.2 Å². The molecule has 0 aliphatic rings. The van der Waals surface area contributed by atoms with Crippen LogP contribution in [0.25, 0.3) is 0 Å². The average Bonchev–Trinajstić information content (AvgIpc) is 3.33. The summed E-state index contributed by atoms with van der Waals surface area (Å²) < 4.78 is 33.6. The number of nitrogens with two attached hydrogens (primary N) is 1. The fraction of sp³-hybridized carbons (Fsp3) is 0.793. The molecule has 0 fully saturated rings. The maximum atomic E-state index is 12.7. The summed E-state index contributed by atoms with van der Waals surface area (Å²) in [6.45, 7) is 3.88. The fourth-order valence-corrected chi connectivity index (χ4v) is 8.66. The number of carboxylic acid groups (broad SMARTS) is 1. The molecule has 0 aliphatic heterocycles. The van der Waals surface area contributed by atoms with Gasteiger partial charge in [0, 0.05) is 13.0 Å². The highest BCUT2D eigenvalue weighted by Crippen LogP contribution is 2.43. The first-order valence-corrected chi connectivity index (χ1v) is 29.8. The molecule has 0 aromatic rings. The van der Waals surface area contributed by atoms with Crippen molar-refractivity contribution < 1.29 is 42.7 Å². The highest BCUT2D eigenvalue weighted by Gasteiger charge is 2.27. The van der Waals surface area contributed by atoms with Crippen LogP contribution < -0.4 is 5.73 Å². The third kappa shape index (κ3) is 53.3. The van der Waals surface area contributed by atoms with Crippen molar-refractivity contribution in [3.05, 3.63) is 60.8 Å². The van der Waals surface area contributed by atoms with Crippen LogP contribution in [0.2, 0.25) is 0 Å². The lowest BCUT2D eigenvalue weighted by Gasteiger charge is -2.20. The van der Waals surface area contributed by atoms with Crippen molar-refractivity contribution in [1.82, 2.24) is 0 Å². The normalized spacial score (nSPS) is 14.0. The molecule has 0 amide bonds. The van der Waals surface area contributed by atoms with Gasteiger partial charge in [0.25, 0.3) is 0 Å². The molecule has 3 unspecified atom stereocenters. The summed E-state index contributed by atoms with van der Waals surface area (Å²) in [6, 6.07) is -1.48. The molecule has 10 nitrogen and oxygen atoms in total. The van der Waals surface area contributed by atoms with Crippen molar-refractivity contribution in [1.29, 1.82) is 0 Å². The number of carboxylic acids is 1. The number of rotatable bonds is 54. The summed E-state index contributed by atoms with van der Waals surface area (Å²) in [6.07, 6.45) is 67.1. The molecule has 11 heteroatoms. The minimum absolute atomic E-state index is 0.0114. The number of esters is 1. The van der Waals surface area contributed by atoms with Gasteiger partial charge in [0.05, 0.1) is 19.8 Å². The van der Waals surface area contributed by atoms with Crippen molar-refractivity contribution in [2.75, 3.05) is 26.4 Å². The molecule has 69 heavy (non-hydrogen) atoms. The zero-order valence-corrected chi connectivity index (χ0v) is 45.3. The van der Waals surface area contributed by atoms with Crippen LogP contribution in [-0.2, 0) is 32.7 Å². The van der Waals surface area contributed by atoms with E-state index >= 15 is 0 Å². The van der Waals surface area contributed by atoms with Crippen LogP contribution in [0.3, 0.4) is 0 Å². The summed E-state index contributed by atoms with van der Waals surface area (Å²) in [7, 11) is -4.63. The van der Waals surface area contributed by atoms with Crippen LogP contribution in [0.1, 0.15) is 258 Å². The van der Waals surface area contributed by atoms with Gasteiger partial charge in [-0.15, -0.1) is 0 Å². The zero-order valence-electron chi connectivity index (χ0n) is 44.4. The van der Waals surface area contributed by atoms with Crippen LogP contribution in [-0.4, -0.2) is 60.5 Å². The number of hydrogen-bond acceptors (Lipinski definition) is 8. The molecule has 0 heterocycles. The molecule has 3 atom stereocenters. The second-order valence-corrected chi connectivity index (χ2v) is 20.5. The molecule has 0 aromatic heterocycles. The number of allylic oxidation sites excluding steroid dienone is 10. The molecule has 0 aromatic carbocycles. The standard InChI is InChI=1S/C58H106NO9P/c1-3-5-7-9-11-13-15-17-19-21-23-25-27-29-31-33-35-37-39-41-43-45-47-49-51-65-52-55(53-66-69(63,64)67-54-56(59)58(61)62)68-57(60)50-48-46-44-42-40-38-36-34-32-30-28-26-24-22-20-18-16-14-12-10-8-6-4-2/h15-18,21-24,27,29,55-56H,3-14,19-20,25-26,28,30-54,59H2,1-2H3,(H,61,62)(H,63,64)/b17-15-,18-16-,23-21-,24-22-,29-27-. The Morgan fingerprint density at radius 2 is 0.797 bits per heavy atom. The number of phosphoric ester groups is 1. The zero-order chi connectivity index (χ0) is 50.4. The van der Waals surface area contributed by atoms with E-state index in [2.05, 4.69) is 74.6 Å². The fourth-order valence-electron chi connectivity index (χ4n) is 7.88. The number of ether oxygens (including phenoxy) is 2. The number of unbranched alkanes of at least 4 members (excludes halogenated alkanes) is 30. The SMILES string of the molecule is CCCCCCC/C=C\C/C=C\C/C=C\CCCCCCCCCCCOCC(COP(=O)(O)OCC(N)C(=O)O)OC(=O)CCCCCCCCCCCCC/C=C\C/C=C\CCCCCCC. The minimum atomic E-state index is -4.63. The lowest BCUT2D eigenvalue weighted by Crippen LogP contribution is -2.34. The summed E-state index contributed by atoms with van der Waals surface area (Å²) in [4.78, 5) is 33.8. The van der Waals surface area contributed by atoms with E-state index in [9.17, 15) is 19.0 Å². The van der Waals surface area contributed by atoms with E-state index < -0.39 is 45.1 Å². The van der Waals surface area contributed by atoms with Gasteiger partial charge in [-0.05, 0) is 83.5 Å². The average molecular weight is 992 g/mol. The van der Waals surface area contributed by atoms with Crippen molar-refractivity contribution in [3.63, 3.8) is 0 Å². The Morgan fingerprint density at radius 3 is 1.19 bits per heavy atom. The highest BCUT2D eigenvalue weighted by molar-refractivity contribution is 7.47. The Labute approximate surface area is 423 Å². The predicted molar refractivity (Wildman–Crippen MR) is 291 cm³/mol. The van der Waals surface area contributed by atoms with E-state index in [4.69, 9.17) is 29.4 Å². The number of phosphoric acid groups is 1. The Morgan fingerprint density at radius 1 is 0.464 bits per heavy atom. The molecule has 4 N–H and O–H groups in total. The van der Waals surface area contributed by atoms with Gasteiger partial charge >= 0.3 is 19.8 Å². The maximum absolute atomic E-state index is 12.7. The molecule has 0 saturated heterocycles. The van der Waals surface area contributed by atoms with Crippen LogP contribution in [0.5, 0.6) is 0 Å². The Balaban J connectivity index is 4.11. The molecular weight excluding hydrogens is 886 g/mol. The van der Waals surface area contributed by atoms with E-state index in [1.165, 1.54) is 167 Å². The topological polar surface area (TPSA) is 155 Å². The first-order chi connectivity index (χ1) is 33.7. The smallest absolute Gasteiger partial charge is 0.472 e. The lowest BCUT2D eigenvalue weighted by atomic mass is 10.0. The van der Waals surface area contributed by atoms with Crippen molar-refractivity contribution >= 4 is 19.8 Å². The van der Waals surface area contributed by atoms with Crippen LogP contribution in [0, 0.1) is 0 Å². The Bertz CT molecular complexity index is 1330. The first kappa shape index (κ1) is 66.7. The van der Waals surface area contributed by atoms with Crippen LogP contribution in [0.4, 0.5) is 0 Å². The van der Waals surface area contributed by atoms with Gasteiger partial charge in [0.15, 0.2) is 0 Å². The molecule has 0 bridgehead atoms. The Kier molecular flexibility index (Phi) is 51.7. The summed E-state index contributed by atoms with van der Waals surface area (Å²) in [5.41, 5.74) is 5.39. The number of hydrogen-bond donors (Lipinski definition) is 3. The minimum Gasteiger partial charge on any atom is -0.480 e. The van der Waals surface area contributed by atoms with E-state index in [1.807, 2.05) is 0 Å². The molecule has 0 aliphatic carbocycles. The number of aliphatic carboxylic acids is 1. The van der Waals surface area contributed by atoms with E-state index in [0.29, 0.717) is 13.0 Å². The van der Waals surface area contributed by atoms with Gasteiger partial charge in [-0.3, -0.25) is 18.6 Å². The summed E-state index contributed by atoms with van der Waals surface area (Å²) >= 11 is 0. The Hall–Kier alpha value is -2.33. The molecule has 402 valence electrons. The maximum Gasteiger partial charge on any atom is 0.472 e. The second-order valence-electron chi connectivity index (χ2n) is 19.1. The second kappa shape index (κ2) is 53.5. The van der Waals surface area contributed by atoms with Crippen molar-refractivity contribution in [3.8, 4) is 0 Å². The predicted octanol–water partition coefficient (Wildman–Crippen LogP) is 17.1. The van der Waals surface area contributed by atoms with E-state index in [0.717, 1.165) is 64.2 Å². The molecule has 0 saturated carbocycles. The largest absolute Gasteiger partial charge is 0.480 e. The van der Waals surface area contributed by atoms with Crippen molar-refractivity contribution in [2.24, 2.45) is 5.73 Å². The van der Waals surface area contributed by atoms with E-state index in [1.54, 1.807) is 0 Å². The van der Waals surface area contributed by atoms with Crippen LogP contribution >= 0.6 is 7.82 Å². The number of carbonyl (C=O) groups excluding carboxylic acids is 1. The van der Waals surface area contributed by atoms with Crippen LogP contribution in [0.15, 0.2) is 60.8 Å². The molecule has 0 radical (unpaired) electrons. The van der Waals surface area contributed by atoms with Gasteiger partial charge in [-0.1, -0.05) is 229 Å². The first-order valence-electron chi connectivity index (χ1n) is 28.3. The van der Waals surface area contributed by atoms with Crippen molar-refractivity contribution in [2.45, 2.75) is 270 Å². The van der Waals surface area contributed by atoms with E-state index in [-0.39, 0.29) is 13.0 Å². The monoisotopic (exact) mass is 992 g/mol. The molecule has 0 spiro atoms.